The SMILES string of the molecule is Cc1ccc(C(=O)NCCC(F)(F)F)cc1C#CCO. The van der Waals surface area contributed by atoms with Gasteiger partial charge in [-0.2, -0.15) is 13.2 Å². The summed E-state index contributed by atoms with van der Waals surface area (Å²) in [6.45, 7) is 1.02. The molecule has 0 saturated heterocycles. The van der Waals surface area contributed by atoms with Crippen LogP contribution >= 0.6 is 0 Å². The fraction of sp³-hybridized carbons (Fsp3) is 0.357. The minimum Gasteiger partial charge on any atom is -0.384 e. The van der Waals surface area contributed by atoms with Gasteiger partial charge in [0.15, 0.2) is 0 Å². The largest absolute Gasteiger partial charge is 0.390 e. The number of halogens is 3. The van der Waals surface area contributed by atoms with Crippen LogP contribution in [0.1, 0.15) is 27.9 Å². The molecule has 1 aromatic carbocycles. The van der Waals surface area contributed by atoms with Crippen LogP contribution in [0.15, 0.2) is 18.2 Å². The molecule has 0 radical (unpaired) electrons. The summed E-state index contributed by atoms with van der Waals surface area (Å²) >= 11 is 0. The number of aliphatic hydroxyl groups is 1. The molecule has 2 N–H and O–H groups in total. The van der Waals surface area contributed by atoms with E-state index in [0.29, 0.717) is 5.56 Å². The van der Waals surface area contributed by atoms with E-state index in [1.807, 2.05) is 0 Å². The number of amides is 1. The third kappa shape index (κ3) is 5.33. The van der Waals surface area contributed by atoms with Gasteiger partial charge < -0.3 is 10.4 Å². The Kier molecular flexibility index (Phi) is 5.59. The lowest BCUT2D eigenvalue weighted by Crippen LogP contribution is -2.28. The minimum absolute atomic E-state index is 0.236. The van der Waals surface area contributed by atoms with E-state index in [4.69, 9.17) is 5.11 Å². The Morgan fingerprint density at radius 3 is 2.70 bits per heavy atom. The highest BCUT2D eigenvalue weighted by Crippen LogP contribution is 2.18. The third-order valence-electron chi connectivity index (χ3n) is 2.50. The molecule has 0 aromatic heterocycles. The predicted octanol–water partition coefficient (Wildman–Crippen LogP) is 2.02. The summed E-state index contributed by atoms with van der Waals surface area (Å²) in [4.78, 5) is 11.7. The van der Waals surface area contributed by atoms with Crippen molar-refractivity contribution in [1.29, 1.82) is 0 Å². The van der Waals surface area contributed by atoms with Crippen LogP contribution in [0.4, 0.5) is 13.2 Å². The monoisotopic (exact) mass is 285 g/mol. The standard InChI is InChI=1S/C14H14F3NO2/c1-10-4-5-12(9-11(10)3-2-8-19)13(20)18-7-6-14(15,16)17/h4-5,9,19H,6-8H2,1H3,(H,18,20). The summed E-state index contributed by atoms with van der Waals surface area (Å²) in [5.41, 5.74) is 1.61. The van der Waals surface area contributed by atoms with Gasteiger partial charge in [-0.3, -0.25) is 4.79 Å². The zero-order valence-electron chi connectivity index (χ0n) is 10.8. The molecule has 6 heteroatoms. The van der Waals surface area contributed by atoms with Crippen LogP contribution in [0.3, 0.4) is 0 Å². The Morgan fingerprint density at radius 1 is 1.40 bits per heavy atom. The molecule has 0 atom stereocenters. The number of hydrogen-bond acceptors (Lipinski definition) is 2. The van der Waals surface area contributed by atoms with Gasteiger partial charge in [0.1, 0.15) is 6.61 Å². The Bertz CT molecular complexity index is 542. The third-order valence-corrected chi connectivity index (χ3v) is 2.50. The van der Waals surface area contributed by atoms with E-state index in [2.05, 4.69) is 17.2 Å². The lowest BCUT2D eigenvalue weighted by Gasteiger charge is -2.08. The van der Waals surface area contributed by atoms with Gasteiger partial charge in [0, 0.05) is 17.7 Å². The van der Waals surface area contributed by atoms with Crippen molar-refractivity contribution >= 4 is 5.91 Å². The number of benzene rings is 1. The fourth-order valence-electron chi connectivity index (χ4n) is 1.45. The summed E-state index contributed by atoms with van der Waals surface area (Å²) < 4.78 is 35.9. The molecular formula is C14H14F3NO2. The van der Waals surface area contributed by atoms with Crippen LogP contribution in [-0.2, 0) is 0 Å². The molecule has 1 rings (SSSR count). The number of alkyl halides is 3. The molecule has 1 amide bonds. The van der Waals surface area contributed by atoms with Gasteiger partial charge in [-0.05, 0) is 24.6 Å². The zero-order valence-corrected chi connectivity index (χ0v) is 10.8. The van der Waals surface area contributed by atoms with Crippen LogP contribution in [-0.4, -0.2) is 30.3 Å². The van der Waals surface area contributed by atoms with Crippen molar-refractivity contribution < 1.29 is 23.1 Å². The highest BCUT2D eigenvalue weighted by atomic mass is 19.4. The first-order valence-corrected chi connectivity index (χ1v) is 5.89. The summed E-state index contributed by atoms with van der Waals surface area (Å²) in [5.74, 6) is 4.56. The van der Waals surface area contributed by atoms with Gasteiger partial charge in [0.25, 0.3) is 5.91 Å². The van der Waals surface area contributed by atoms with Crippen LogP contribution in [0.5, 0.6) is 0 Å². The molecule has 0 spiro atoms. The Morgan fingerprint density at radius 2 is 2.10 bits per heavy atom. The van der Waals surface area contributed by atoms with Gasteiger partial charge in [-0.25, -0.2) is 0 Å². The van der Waals surface area contributed by atoms with Crippen LogP contribution < -0.4 is 5.32 Å². The molecule has 0 fully saturated rings. The molecule has 3 nitrogen and oxygen atoms in total. The first kappa shape index (κ1) is 16.1. The number of aliphatic hydroxyl groups excluding tert-OH is 1. The maximum absolute atomic E-state index is 12.0. The normalized spacial score (nSPS) is 10.7. The number of aryl methyl sites for hydroxylation is 1. The van der Waals surface area contributed by atoms with Crippen molar-refractivity contribution in [1.82, 2.24) is 5.32 Å². The highest BCUT2D eigenvalue weighted by Gasteiger charge is 2.26. The molecule has 0 unspecified atom stereocenters. The molecule has 108 valence electrons. The van der Waals surface area contributed by atoms with E-state index in [1.165, 1.54) is 12.1 Å². The van der Waals surface area contributed by atoms with E-state index in [1.54, 1.807) is 13.0 Å². The first-order valence-electron chi connectivity index (χ1n) is 5.89. The van der Waals surface area contributed by atoms with E-state index in [-0.39, 0.29) is 12.2 Å². The predicted molar refractivity (Wildman–Crippen MR) is 68.1 cm³/mol. The van der Waals surface area contributed by atoms with Gasteiger partial charge in [0.2, 0.25) is 0 Å². The number of rotatable bonds is 3. The van der Waals surface area contributed by atoms with Crippen LogP contribution in [0.25, 0.3) is 0 Å². The van der Waals surface area contributed by atoms with Crippen molar-refractivity contribution in [2.24, 2.45) is 0 Å². The molecule has 0 aliphatic rings. The summed E-state index contributed by atoms with van der Waals surface area (Å²) in [7, 11) is 0. The summed E-state index contributed by atoms with van der Waals surface area (Å²) in [5, 5.41) is 10.8. The first-order chi connectivity index (χ1) is 9.33. The van der Waals surface area contributed by atoms with Gasteiger partial charge >= 0.3 is 6.18 Å². The van der Waals surface area contributed by atoms with Crippen molar-refractivity contribution in [3.8, 4) is 11.8 Å². The van der Waals surface area contributed by atoms with Crippen molar-refractivity contribution in [2.45, 2.75) is 19.5 Å². The molecule has 20 heavy (non-hydrogen) atoms. The Hall–Kier alpha value is -2.00. The van der Waals surface area contributed by atoms with Gasteiger partial charge in [-0.1, -0.05) is 17.9 Å². The van der Waals surface area contributed by atoms with Crippen molar-refractivity contribution in [2.75, 3.05) is 13.2 Å². The second-order valence-corrected chi connectivity index (χ2v) is 4.11. The molecule has 0 bridgehead atoms. The topological polar surface area (TPSA) is 49.3 Å². The fourth-order valence-corrected chi connectivity index (χ4v) is 1.45. The molecule has 0 aliphatic carbocycles. The minimum atomic E-state index is -4.29. The lowest BCUT2D eigenvalue weighted by atomic mass is 10.0. The van der Waals surface area contributed by atoms with Gasteiger partial charge in [-0.15, -0.1) is 0 Å². The molecule has 0 saturated carbocycles. The highest BCUT2D eigenvalue weighted by molar-refractivity contribution is 5.94. The van der Waals surface area contributed by atoms with Crippen LogP contribution in [0, 0.1) is 18.8 Å². The van der Waals surface area contributed by atoms with Gasteiger partial charge in [0.05, 0.1) is 6.42 Å². The smallest absolute Gasteiger partial charge is 0.384 e. The van der Waals surface area contributed by atoms with E-state index >= 15 is 0 Å². The van der Waals surface area contributed by atoms with E-state index in [9.17, 15) is 18.0 Å². The molecule has 0 heterocycles. The average Bonchev–Trinajstić information content (AvgIpc) is 2.36. The number of carbonyl (C=O) groups is 1. The average molecular weight is 285 g/mol. The number of carbonyl (C=O) groups excluding carboxylic acids is 1. The van der Waals surface area contributed by atoms with Crippen molar-refractivity contribution in [3.63, 3.8) is 0 Å². The quantitative estimate of drug-likeness (QED) is 0.835. The maximum Gasteiger partial charge on any atom is 0.390 e. The maximum atomic E-state index is 12.0. The Labute approximate surface area is 114 Å². The number of nitrogens with one attached hydrogen (secondary N) is 1. The summed E-state index contributed by atoms with van der Waals surface area (Å²) in [6.07, 6.45) is -5.36. The summed E-state index contributed by atoms with van der Waals surface area (Å²) in [6, 6.07) is 4.66. The molecule has 1 aromatic rings. The second kappa shape index (κ2) is 6.96. The molecule has 0 aliphatic heterocycles. The zero-order chi connectivity index (χ0) is 15.2. The van der Waals surface area contributed by atoms with E-state index < -0.39 is 25.0 Å². The van der Waals surface area contributed by atoms with Crippen LogP contribution in [0.2, 0.25) is 0 Å². The lowest BCUT2D eigenvalue weighted by molar-refractivity contribution is -0.132. The second-order valence-electron chi connectivity index (χ2n) is 4.11. The number of hydrogen-bond donors (Lipinski definition) is 2. The van der Waals surface area contributed by atoms with Crippen molar-refractivity contribution in [3.05, 3.63) is 34.9 Å². The Balaban J connectivity index is 2.74. The van der Waals surface area contributed by atoms with E-state index in [0.717, 1.165) is 5.56 Å². The molecular weight excluding hydrogens is 271 g/mol.